The lowest BCUT2D eigenvalue weighted by molar-refractivity contribution is 0.535. The Balaban J connectivity index is 2.17. The maximum absolute atomic E-state index is 2.42. The lowest BCUT2D eigenvalue weighted by Gasteiger charge is -2.11. The van der Waals surface area contributed by atoms with Gasteiger partial charge in [0.15, 0.2) is 0 Å². The van der Waals surface area contributed by atoms with Gasteiger partial charge in [-0.1, -0.05) is 24.3 Å². The van der Waals surface area contributed by atoms with Gasteiger partial charge in [0.1, 0.15) is 0 Å². The van der Waals surface area contributed by atoms with Gasteiger partial charge in [-0.05, 0) is 30.1 Å². The molecular weight excluding hydrogens is 108 g/mol. The van der Waals surface area contributed by atoms with Crippen molar-refractivity contribution < 1.29 is 0 Å². The summed E-state index contributed by atoms with van der Waals surface area (Å²) in [7, 11) is 0. The zero-order valence-corrected chi connectivity index (χ0v) is 5.33. The van der Waals surface area contributed by atoms with E-state index < -0.39 is 0 Å². The zero-order valence-electron chi connectivity index (χ0n) is 5.33. The zero-order chi connectivity index (χ0) is 5.84. The van der Waals surface area contributed by atoms with Crippen LogP contribution < -0.4 is 0 Å². The van der Waals surface area contributed by atoms with Gasteiger partial charge in [0.2, 0.25) is 0 Å². The van der Waals surface area contributed by atoms with Crippen molar-refractivity contribution in [3.63, 3.8) is 0 Å². The van der Waals surface area contributed by atoms with Gasteiger partial charge in [-0.25, -0.2) is 0 Å². The summed E-state index contributed by atoms with van der Waals surface area (Å²) in [5.41, 5.74) is 0. The highest BCUT2D eigenvalue weighted by Gasteiger charge is 2.45. The fraction of sp³-hybridized carbons (Fsp3) is 0.556. The minimum atomic E-state index is 0.926. The monoisotopic (exact) mass is 118 g/mol. The second-order valence-electron chi connectivity index (χ2n) is 3.49. The number of hydrogen-bond donors (Lipinski definition) is 0. The van der Waals surface area contributed by atoms with Crippen LogP contribution in [0.4, 0.5) is 0 Å². The first-order valence-electron chi connectivity index (χ1n) is 3.82. The fourth-order valence-corrected chi connectivity index (χ4v) is 2.70. The Morgan fingerprint density at radius 2 is 1.33 bits per heavy atom. The molecule has 0 aromatic carbocycles. The Kier molecular flexibility index (Phi) is 0.555. The average molecular weight is 118 g/mol. The Hall–Kier alpha value is -0.520. The fourth-order valence-electron chi connectivity index (χ4n) is 2.70. The van der Waals surface area contributed by atoms with E-state index in [1.807, 2.05) is 0 Å². The molecule has 4 bridgehead atoms. The summed E-state index contributed by atoms with van der Waals surface area (Å²) in [6.45, 7) is 0. The van der Waals surface area contributed by atoms with Crippen molar-refractivity contribution in [2.24, 2.45) is 23.7 Å². The van der Waals surface area contributed by atoms with Crippen molar-refractivity contribution in [2.75, 3.05) is 0 Å². The van der Waals surface area contributed by atoms with Crippen molar-refractivity contribution in [2.45, 2.75) is 6.42 Å². The van der Waals surface area contributed by atoms with Gasteiger partial charge in [-0.2, -0.15) is 0 Å². The Bertz CT molecular complexity index is 178. The van der Waals surface area contributed by atoms with E-state index in [0.29, 0.717) is 0 Å². The van der Waals surface area contributed by atoms with E-state index in [2.05, 4.69) is 24.3 Å². The SMILES string of the molecule is C1=CC2C3C=CC2C1C3. The molecule has 0 aromatic rings. The molecule has 0 heterocycles. The van der Waals surface area contributed by atoms with Gasteiger partial charge in [-0.3, -0.25) is 0 Å². The van der Waals surface area contributed by atoms with E-state index in [9.17, 15) is 0 Å². The van der Waals surface area contributed by atoms with E-state index in [0.717, 1.165) is 23.7 Å². The Labute approximate surface area is 55.3 Å². The highest BCUT2D eigenvalue weighted by Crippen LogP contribution is 2.53. The van der Waals surface area contributed by atoms with Crippen molar-refractivity contribution in [3.8, 4) is 0 Å². The molecule has 0 amide bonds. The highest BCUT2D eigenvalue weighted by molar-refractivity contribution is 5.27. The molecule has 3 rings (SSSR count). The molecule has 0 spiro atoms. The molecule has 0 aliphatic heterocycles. The molecule has 0 nitrogen and oxygen atoms in total. The van der Waals surface area contributed by atoms with Crippen LogP contribution in [0.15, 0.2) is 24.3 Å². The molecular formula is C9H10. The molecule has 0 radical (unpaired) electrons. The summed E-state index contributed by atoms with van der Waals surface area (Å²) in [4.78, 5) is 0. The molecule has 4 unspecified atom stereocenters. The number of hydrogen-bond acceptors (Lipinski definition) is 0. The molecule has 0 saturated heterocycles. The lowest BCUT2D eigenvalue weighted by atomic mass is 9.94. The second-order valence-corrected chi connectivity index (χ2v) is 3.49. The highest BCUT2D eigenvalue weighted by atomic mass is 14.5. The lowest BCUT2D eigenvalue weighted by Crippen LogP contribution is -2.00. The molecule has 0 heteroatoms. The Morgan fingerprint density at radius 3 is 1.67 bits per heavy atom. The van der Waals surface area contributed by atoms with Gasteiger partial charge in [-0.15, -0.1) is 0 Å². The van der Waals surface area contributed by atoms with Crippen LogP contribution in [0.2, 0.25) is 0 Å². The van der Waals surface area contributed by atoms with E-state index in [4.69, 9.17) is 0 Å². The predicted molar refractivity (Wildman–Crippen MR) is 36.9 cm³/mol. The third kappa shape index (κ3) is 0.346. The van der Waals surface area contributed by atoms with E-state index >= 15 is 0 Å². The van der Waals surface area contributed by atoms with Gasteiger partial charge in [0.25, 0.3) is 0 Å². The maximum atomic E-state index is 2.42. The van der Waals surface area contributed by atoms with Crippen LogP contribution in [0, 0.1) is 23.7 Å². The first-order valence-corrected chi connectivity index (χ1v) is 3.82. The molecule has 0 aromatic heterocycles. The first-order chi connectivity index (χ1) is 4.45. The molecule has 4 atom stereocenters. The van der Waals surface area contributed by atoms with Gasteiger partial charge < -0.3 is 0 Å². The first kappa shape index (κ1) is 4.32. The van der Waals surface area contributed by atoms with Crippen LogP contribution in [0.1, 0.15) is 6.42 Å². The normalized spacial score (nSPS) is 57.8. The molecule has 3 aliphatic rings. The summed E-state index contributed by atoms with van der Waals surface area (Å²) < 4.78 is 0. The van der Waals surface area contributed by atoms with Crippen LogP contribution in [-0.4, -0.2) is 0 Å². The molecule has 0 N–H and O–H groups in total. The minimum Gasteiger partial charge on any atom is -0.0845 e. The van der Waals surface area contributed by atoms with Crippen molar-refractivity contribution in [1.82, 2.24) is 0 Å². The smallest absolute Gasteiger partial charge is 0.0102 e. The van der Waals surface area contributed by atoms with Crippen LogP contribution in [0.25, 0.3) is 0 Å². The molecule has 1 fully saturated rings. The summed E-state index contributed by atoms with van der Waals surface area (Å²) in [6, 6.07) is 0. The molecule has 3 aliphatic carbocycles. The van der Waals surface area contributed by atoms with E-state index in [-0.39, 0.29) is 0 Å². The topological polar surface area (TPSA) is 0 Å². The number of rotatable bonds is 0. The van der Waals surface area contributed by atoms with E-state index in [1.165, 1.54) is 6.42 Å². The van der Waals surface area contributed by atoms with Gasteiger partial charge in [0, 0.05) is 0 Å². The minimum absolute atomic E-state index is 0.926. The van der Waals surface area contributed by atoms with E-state index in [1.54, 1.807) is 0 Å². The maximum Gasteiger partial charge on any atom is -0.0102 e. The van der Waals surface area contributed by atoms with Crippen LogP contribution in [0.5, 0.6) is 0 Å². The number of allylic oxidation sites excluding steroid dienone is 4. The van der Waals surface area contributed by atoms with Crippen LogP contribution in [-0.2, 0) is 0 Å². The summed E-state index contributed by atoms with van der Waals surface area (Å²) >= 11 is 0. The molecule has 1 saturated carbocycles. The second kappa shape index (κ2) is 1.16. The Morgan fingerprint density at radius 1 is 0.778 bits per heavy atom. The van der Waals surface area contributed by atoms with Crippen LogP contribution >= 0.6 is 0 Å². The average Bonchev–Trinajstić information content (AvgIpc) is 2.50. The predicted octanol–water partition coefficient (Wildman–Crippen LogP) is 1.99. The molecule has 9 heavy (non-hydrogen) atoms. The van der Waals surface area contributed by atoms with Crippen molar-refractivity contribution >= 4 is 0 Å². The van der Waals surface area contributed by atoms with Crippen molar-refractivity contribution in [3.05, 3.63) is 24.3 Å². The largest absolute Gasteiger partial charge is 0.0845 e. The van der Waals surface area contributed by atoms with Crippen LogP contribution in [0.3, 0.4) is 0 Å². The van der Waals surface area contributed by atoms with Gasteiger partial charge >= 0.3 is 0 Å². The van der Waals surface area contributed by atoms with Gasteiger partial charge in [0.05, 0.1) is 0 Å². The van der Waals surface area contributed by atoms with Crippen molar-refractivity contribution in [1.29, 1.82) is 0 Å². The summed E-state index contributed by atoms with van der Waals surface area (Å²) in [5.74, 6) is 3.72. The third-order valence-corrected chi connectivity index (χ3v) is 3.14. The summed E-state index contributed by atoms with van der Waals surface area (Å²) in [6.07, 6.45) is 11.1. The standard InChI is InChI=1S/C9H10/c1-3-8-7-2-4-9(8)6(1)5-7/h1-4,6-9H,5H2. The quantitative estimate of drug-likeness (QED) is 0.427. The summed E-state index contributed by atoms with van der Waals surface area (Å²) in [5, 5.41) is 0. The molecule has 46 valence electrons. The third-order valence-electron chi connectivity index (χ3n) is 3.14.